The number of methoxy groups -OCH3 is 1. The lowest BCUT2D eigenvalue weighted by molar-refractivity contribution is -0.129. The number of likely N-dealkylation sites (tertiary alicyclic amines) is 1. The van der Waals surface area contributed by atoms with Crippen molar-refractivity contribution < 1.29 is 26.7 Å². The zero-order valence-corrected chi connectivity index (χ0v) is 16.1. The van der Waals surface area contributed by atoms with E-state index in [1.54, 1.807) is 7.11 Å². The van der Waals surface area contributed by atoms with Crippen LogP contribution in [0.5, 0.6) is 0 Å². The van der Waals surface area contributed by atoms with Gasteiger partial charge in [-0.15, -0.1) is 0 Å². The lowest BCUT2D eigenvalue weighted by Crippen LogP contribution is -2.36. The number of carbonyl (C=O) groups is 1. The van der Waals surface area contributed by atoms with E-state index in [1.165, 1.54) is 0 Å². The van der Waals surface area contributed by atoms with E-state index in [9.17, 15) is 22.0 Å². The third-order valence-corrected chi connectivity index (χ3v) is 7.20. The van der Waals surface area contributed by atoms with Gasteiger partial charge in [0, 0.05) is 38.7 Å². The fourth-order valence-electron chi connectivity index (χ4n) is 4.40. The van der Waals surface area contributed by atoms with Crippen LogP contribution in [0, 0.1) is 29.4 Å². The largest absolute Gasteiger partial charge is 0.383 e. The first-order valence-corrected chi connectivity index (χ1v) is 10.5. The lowest BCUT2D eigenvalue weighted by atomic mass is 9.89. The summed E-state index contributed by atoms with van der Waals surface area (Å²) in [6.07, 6.45) is 1.19. The Hall–Kier alpha value is -1.58. The highest BCUT2D eigenvalue weighted by Gasteiger charge is 2.50. The van der Waals surface area contributed by atoms with Gasteiger partial charge in [0.05, 0.1) is 6.61 Å². The first kappa shape index (κ1) is 20.2. The second-order valence-electron chi connectivity index (χ2n) is 7.32. The van der Waals surface area contributed by atoms with E-state index in [0.717, 1.165) is 18.6 Å². The van der Waals surface area contributed by atoms with Gasteiger partial charge in [-0.3, -0.25) is 4.79 Å². The fourth-order valence-corrected chi connectivity index (χ4v) is 5.53. The number of carbonyl (C=O) groups excluding carboxylic acids is 1. The lowest BCUT2D eigenvalue weighted by Gasteiger charge is -2.24. The minimum Gasteiger partial charge on any atom is -0.383 e. The smallest absolute Gasteiger partial charge is 0.243 e. The highest BCUT2D eigenvalue weighted by Crippen LogP contribution is 2.45. The number of sulfonamides is 1. The summed E-state index contributed by atoms with van der Waals surface area (Å²) in [5, 5.41) is 0. The van der Waals surface area contributed by atoms with E-state index in [0.29, 0.717) is 25.6 Å². The molecule has 1 heterocycles. The SMILES string of the molecule is COCCN1C(=O)C[C@H]2[C@H](CNS(=O)(=O)c3ccc(F)cc3F)[C@@H](C)C[C@H]21. The predicted molar refractivity (Wildman–Crippen MR) is 94.3 cm³/mol. The van der Waals surface area contributed by atoms with Crippen LogP contribution in [0.4, 0.5) is 8.78 Å². The second-order valence-corrected chi connectivity index (χ2v) is 9.05. The van der Waals surface area contributed by atoms with Crippen LogP contribution in [-0.4, -0.2) is 52.1 Å². The van der Waals surface area contributed by atoms with Crippen molar-refractivity contribution in [2.75, 3.05) is 26.8 Å². The van der Waals surface area contributed by atoms with Gasteiger partial charge in [-0.25, -0.2) is 21.9 Å². The van der Waals surface area contributed by atoms with Crippen molar-refractivity contribution >= 4 is 15.9 Å². The van der Waals surface area contributed by atoms with E-state index < -0.39 is 26.6 Å². The number of hydrogen-bond donors (Lipinski definition) is 1. The van der Waals surface area contributed by atoms with Crippen LogP contribution >= 0.6 is 0 Å². The molecule has 1 aromatic carbocycles. The predicted octanol–water partition coefficient (Wildman–Crippen LogP) is 1.76. The Morgan fingerprint density at radius 3 is 2.74 bits per heavy atom. The van der Waals surface area contributed by atoms with Crippen molar-refractivity contribution in [2.24, 2.45) is 17.8 Å². The molecule has 6 nitrogen and oxygen atoms in total. The second kappa shape index (κ2) is 7.81. The van der Waals surface area contributed by atoms with E-state index in [2.05, 4.69) is 4.72 Å². The van der Waals surface area contributed by atoms with E-state index in [1.807, 2.05) is 11.8 Å². The molecule has 1 aliphatic heterocycles. The molecule has 2 fully saturated rings. The Balaban J connectivity index is 1.70. The molecule has 9 heteroatoms. The summed E-state index contributed by atoms with van der Waals surface area (Å²) in [5.74, 6) is -1.64. The average Bonchev–Trinajstić information content (AvgIpc) is 3.04. The first-order chi connectivity index (χ1) is 12.7. The molecular weight excluding hydrogens is 378 g/mol. The van der Waals surface area contributed by atoms with Crippen molar-refractivity contribution in [3.05, 3.63) is 29.8 Å². The minimum absolute atomic E-state index is 0.0234. The molecular formula is C18H24F2N2O4S. The van der Waals surface area contributed by atoms with Gasteiger partial charge in [0.1, 0.15) is 16.5 Å². The summed E-state index contributed by atoms with van der Waals surface area (Å²) in [6.45, 7) is 3.15. The maximum Gasteiger partial charge on any atom is 0.243 e. The molecule has 1 amide bonds. The van der Waals surface area contributed by atoms with Gasteiger partial charge in [0.15, 0.2) is 0 Å². The van der Waals surface area contributed by atoms with Crippen LogP contribution in [0.1, 0.15) is 19.8 Å². The molecule has 0 bridgehead atoms. The number of benzene rings is 1. The number of fused-ring (bicyclic) bond motifs is 1. The Morgan fingerprint density at radius 2 is 2.07 bits per heavy atom. The number of rotatable bonds is 7. The molecule has 27 heavy (non-hydrogen) atoms. The summed E-state index contributed by atoms with van der Waals surface area (Å²) in [7, 11) is -2.51. The van der Waals surface area contributed by atoms with Crippen molar-refractivity contribution in [1.82, 2.24) is 9.62 Å². The molecule has 150 valence electrons. The van der Waals surface area contributed by atoms with Crippen LogP contribution in [0.2, 0.25) is 0 Å². The maximum atomic E-state index is 13.8. The standard InChI is InChI=1S/C18H24F2N2O4S/c1-11-7-16-13(9-18(23)22(16)5-6-26-2)14(11)10-21-27(24,25)17-4-3-12(19)8-15(17)20/h3-4,8,11,13-14,16,21H,5-7,9-10H2,1-2H3/t11-,13-,14+,16+/m0/s1. The van der Waals surface area contributed by atoms with E-state index >= 15 is 0 Å². The highest BCUT2D eigenvalue weighted by molar-refractivity contribution is 7.89. The number of nitrogens with one attached hydrogen (secondary N) is 1. The number of amides is 1. The Bertz CT molecular complexity index is 818. The summed E-state index contributed by atoms with van der Waals surface area (Å²) < 4.78 is 59.2. The molecule has 0 unspecified atom stereocenters. The molecule has 0 radical (unpaired) electrons. The van der Waals surface area contributed by atoms with Gasteiger partial charge < -0.3 is 9.64 Å². The monoisotopic (exact) mass is 402 g/mol. The third-order valence-electron chi connectivity index (χ3n) is 5.75. The van der Waals surface area contributed by atoms with Crippen LogP contribution in [0.25, 0.3) is 0 Å². The fraction of sp³-hybridized carbons (Fsp3) is 0.611. The average molecular weight is 402 g/mol. The maximum absolute atomic E-state index is 13.8. The highest BCUT2D eigenvalue weighted by atomic mass is 32.2. The van der Waals surface area contributed by atoms with Gasteiger partial charge in [-0.05, 0) is 36.3 Å². The van der Waals surface area contributed by atoms with Gasteiger partial charge in [-0.2, -0.15) is 0 Å². The molecule has 1 saturated heterocycles. The summed E-state index contributed by atoms with van der Waals surface area (Å²) in [6, 6.07) is 2.46. The first-order valence-electron chi connectivity index (χ1n) is 8.97. The molecule has 0 spiro atoms. The third kappa shape index (κ3) is 4.00. The van der Waals surface area contributed by atoms with Crippen LogP contribution < -0.4 is 4.72 Å². The van der Waals surface area contributed by atoms with Crippen molar-refractivity contribution in [3.8, 4) is 0 Å². The normalized spacial score (nSPS) is 28.0. The van der Waals surface area contributed by atoms with Crippen molar-refractivity contribution in [3.63, 3.8) is 0 Å². The Morgan fingerprint density at radius 1 is 1.33 bits per heavy atom. The van der Waals surface area contributed by atoms with Gasteiger partial charge in [0.25, 0.3) is 0 Å². The number of halogens is 2. The summed E-state index contributed by atoms with van der Waals surface area (Å²) in [4.78, 5) is 13.6. The summed E-state index contributed by atoms with van der Waals surface area (Å²) >= 11 is 0. The van der Waals surface area contributed by atoms with Crippen molar-refractivity contribution in [1.29, 1.82) is 0 Å². The molecule has 2 aliphatic rings. The molecule has 3 rings (SSSR count). The van der Waals surface area contributed by atoms with E-state index in [-0.39, 0.29) is 36.2 Å². The van der Waals surface area contributed by atoms with Crippen molar-refractivity contribution in [2.45, 2.75) is 30.7 Å². The zero-order chi connectivity index (χ0) is 19.8. The topological polar surface area (TPSA) is 75.7 Å². The van der Waals surface area contributed by atoms with Gasteiger partial charge in [0.2, 0.25) is 15.9 Å². The molecule has 1 N–H and O–H groups in total. The Labute approximate surface area is 157 Å². The van der Waals surface area contributed by atoms with Gasteiger partial charge >= 0.3 is 0 Å². The van der Waals surface area contributed by atoms with Crippen LogP contribution in [0.3, 0.4) is 0 Å². The Kier molecular flexibility index (Phi) is 5.83. The molecule has 1 saturated carbocycles. The van der Waals surface area contributed by atoms with Crippen LogP contribution in [-0.2, 0) is 19.6 Å². The molecule has 0 aromatic heterocycles. The van der Waals surface area contributed by atoms with E-state index in [4.69, 9.17) is 4.74 Å². The van der Waals surface area contributed by atoms with Gasteiger partial charge in [-0.1, -0.05) is 6.92 Å². The number of hydrogen-bond acceptors (Lipinski definition) is 4. The number of nitrogens with zero attached hydrogens (tertiary/aromatic N) is 1. The molecule has 4 atom stereocenters. The molecule has 1 aromatic rings. The van der Waals surface area contributed by atoms with Crippen LogP contribution in [0.15, 0.2) is 23.1 Å². The number of ether oxygens (including phenoxy) is 1. The summed E-state index contributed by atoms with van der Waals surface area (Å²) in [5.41, 5.74) is 0. The quantitative estimate of drug-likeness (QED) is 0.754. The molecule has 1 aliphatic carbocycles. The zero-order valence-electron chi connectivity index (χ0n) is 15.3. The minimum atomic E-state index is -4.10.